The molecule has 1 aliphatic heterocycles. The molecule has 1 saturated carbocycles. The zero-order valence-electron chi connectivity index (χ0n) is 12.0. The highest BCUT2D eigenvalue weighted by Gasteiger charge is 2.38. The lowest BCUT2D eigenvalue weighted by Gasteiger charge is -2.39. The fraction of sp³-hybridized carbons (Fsp3) is 0.800. The van der Waals surface area contributed by atoms with Gasteiger partial charge in [0.2, 0.25) is 5.91 Å². The number of allylic oxidation sites excluding steroid dienone is 1. The van der Waals surface area contributed by atoms with Gasteiger partial charge in [0.25, 0.3) is 0 Å². The predicted molar refractivity (Wildman–Crippen MR) is 72.1 cm³/mol. The minimum atomic E-state index is -0.214. The second kappa shape index (κ2) is 4.94. The van der Waals surface area contributed by atoms with Gasteiger partial charge in [-0.05, 0) is 59.0 Å². The first-order valence-electron chi connectivity index (χ1n) is 7.05. The van der Waals surface area contributed by atoms with E-state index in [2.05, 4.69) is 27.7 Å². The first kappa shape index (κ1) is 13.4. The van der Waals surface area contributed by atoms with Crippen molar-refractivity contribution in [3.05, 3.63) is 11.8 Å². The number of ether oxygens (including phenoxy) is 1. The molecule has 2 rings (SSSR count). The molecular formula is C15H25NO2. The molecule has 1 heterocycles. The summed E-state index contributed by atoms with van der Waals surface area (Å²) in [6.07, 6.45) is 6.07. The van der Waals surface area contributed by atoms with Crippen molar-refractivity contribution in [2.45, 2.75) is 65.0 Å². The number of carbonyl (C=O) groups excluding carboxylic acids is 1. The molecule has 1 atom stereocenters. The smallest absolute Gasteiger partial charge is 0.226 e. The average Bonchev–Trinajstić information content (AvgIpc) is 3.13. The van der Waals surface area contributed by atoms with Crippen LogP contribution in [-0.2, 0) is 9.53 Å². The second-order valence-electron chi connectivity index (χ2n) is 6.37. The van der Waals surface area contributed by atoms with Gasteiger partial charge >= 0.3 is 0 Å². The number of hydrogen-bond donors (Lipinski definition) is 0. The molecule has 0 aromatic rings. The van der Waals surface area contributed by atoms with Gasteiger partial charge in [-0.1, -0.05) is 0 Å². The molecule has 18 heavy (non-hydrogen) atoms. The molecule has 0 radical (unpaired) electrons. The maximum Gasteiger partial charge on any atom is 0.226 e. The number of hydrogen-bond acceptors (Lipinski definition) is 2. The van der Waals surface area contributed by atoms with E-state index in [1.807, 2.05) is 11.2 Å². The third-order valence-electron chi connectivity index (χ3n) is 3.93. The van der Waals surface area contributed by atoms with Gasteiger partial charge in [-0.2, -0.15) is 0 Å². The maximum atomic E-state index is 12.3. The maximum absolute atomic E-state index is 12.3. The molecule has 1 aliphatic carbocycles. The van der Waals surface area contributed by atoms with Crippen LogP contribution in [0.25, 0.3) is 0 Å². The summed E-state index contributed by atoms with van der Waals surface area (Å²) in [4.78, 5) is 14.3. The number of amides is 1. The van der Waals surface area contributed by atoms with E-state index >= 15 is 0 Å². The van der Waals surface area contributed by atoms with Crippen LogP contribution in [0.4, 0.5) is 0 Å². The standard InChI is InChI=1S/C15H25NO2/c1-11(2)16(14(17)13-5-6-13)10-15(4)8-7-12(3)9-18-15/h9,11,13H,5-8,10H2,1-4H3. The van der Waals surface area contributed by atoms with Crippen LogP contribution in [0, 0.1) is 5.92 Å². The summed E-state index contributed by atoms with van der Waals surface area (Å²) in [5, 5.41) is 0. The predicted octanol–water partition coefficient (Wildman–Crippen LogP) is 3.11. The van der Waals surface area contributed by atoms with Crippen LogP contribution in [0.15, 0.2) is 11.8 Å². The van der Waals surface area contributed by atoms with Gasteiger partial charge in [0.1, 0.15) is 5.60 Å². The largest absolute Gasteiger partial charge is 0.493 e. The highest BCUT2D eigenvalue weighted by atomic mass is 16.5. The van der Waals surface area contributed by atoms with Gasteiger partial charge in [-0.3, -0.25) is 4.79 Å². The van der Waals surface area contributed by atoms with E-state index in [1.165, 1.54) is 5.57 Å². The van der Waals surface area contributed by atoms with Gasteiger partial charge in [0, 0.05) is 12.0 Å². The molecule has 0 spiro atoms. The lowest BCUT2D eigenvalue weighted by Crippen LogP contribution is -2.49. The molecule has 3 heteroatoms. The normalized spacial score (nSPS) is 27.7. The Labute approximate surface area is 110 Å². The first-order valence-corrected chi connectivity index (χ1v) is 7.05. The highest BCUT2D eigenvalue weighted by Crippen LogP contribution is 2.34. The van der Waals surface area contributed by atoms with Crippen molar-refractivity contribution in [1.82, 2.24) is 4.90 Å². The van der Waals surface area contributed by atoms with E-state index in [0.717, 1.165) is 25.7 Å². The van der Waals surface area contributed by atoms with Gasteiger partial charge in [0.05, 0.1) is 12.8 Å². The third-order valence-corrected chi connectivity index (χ3v) is 3.93. The number of carbonyl (C=O) groups is 1. The van der Waals surface area contributed by atoms with Gasteiger partial charge in [-0.15, -0.1) is 0 Å². The van der Waals surface area contributed by atoms with E-state index in [-0.39, 0.29) is 17.6 Å². The number of rotatable bonds is 4. The van der Waals surface area contributed by atoms with Gasteiger partial charge in [0.15, 0.2) is 0 Å². The summed E-state index contributed by atoms with van der Waals surface area (Å²) in [5.41, 5.74) is 1.08. The van der Waals surface area contributed by atoms with Gasteiger partial charge in [-0.25, -0.2) is 0 Å². The van der Waals surface area contributed by atoms with Crippen molar-refractivity contribution in [2.75, 3.05) is 6.54 Å². The van der Waals surface area contributed by atoms with Crippen LogP contribution in [0.3, 0.4) is 0 Å². The van der Waals surface area contributed by atoms with Crippen LogP contribution in [0.5, 0.6) is 0 Å². The monoisotopic (exact) mass is 251 g/mol. The number of nitrogens with zero attached hydrogens (tertiary/aromatic N) is 1. The van der Waals surface area contributed by atoms with E-state index in [0.29, 0.717) is 12.5 Å². The summed E-state index contributed by atoms with van der Waals surface area (Å²) in [6, 6.07) is 0.255. The topological polar surface area (TPSA) is 29.5 Å². The molecule has 0 aromatic carbocycles. The Morgan fingerprint density at radius 1 is 1.56 bits per heavy atom. The fourth-order valence-corrected chi connectivity index (χ4v) is 2.38. The molecule has 2 aliphatic rings. The quantitative estimate of drug-likeness (QED) is 0.768. The molecule has 0 bridgehead atoms. The molecule has 1 fully saturated rings. The molecule has 3 nitrogen and oxygen atoms in total. The SMILES string of the molecule is CC1=COC(C)(CN(C(=O)C2CC2)C(C)C)CC1. The van der Waals surface area contributed by atoms with E-state index < -0.39 is 0 Å². The Hall–Kier alpha value is -0.990. The Morgan fingerprint density at radius 2 is 2.22 bits per heavy atom. The lowest BCUT2D eigenvalue weighted by molar-refractivity contribution is -0.138. The van der Waals surface area contributed by atoms with E-state index in [4.69, 9.17) is 4.74 Å². The second-order valence-corrected chi connectivity index (χ2v) is 6.37. The zero-order valence-corrected chi connectivity index (χ0v) is 12.0. The summed E-state index contributed by atoms with van der Waals surface area (Å²) < 4.78 is 5.85. The summed E-state index contributed by atoms with van der Waals surface area (Å²) >= 11 is 0. The Bertz CT molecular complexity index is 358. The van der Waals surface area contributed by atoms with Crippen LogP contribution in [0.2, 0.25) is 0 Å². The molecule has 1 unspecified atom stereocenters. The molecule has 102 valence electrons. The molecule has 0 aromatic heterocycles. The summed E-state index contributed by atoms with van der Waals surface area (Å²) in [5.74, 6) is 0.609. The molecule has 0 N–H and O–H groups in total. The highest BCUT2D eigenvalue weighted by molar-refractivity contribution is 5.81. The fourth-order valence-electron chi connectivity index (χ4n) is 2.38. The minimum Gasteiger partial charge on any atom is -0.493 e. The Balaban J connectivity index is 2.02. The van der Waals surface area contributed by atoms with Crippen molar-refractivity contribution in [2.24, 2.45) is 5.92 Å². The van der Waals surface area contributed by atoms with Crippen LogP contribution < -0.4 is 0 Å². The Kier molecular flexibility index (Phi) is 3.69. The van der Waals surface area contributed by atoms with Crippen LogP contribution in [-0.4, -0.2) is 29.0 Å². The average molecular weight is 251 g/mol. The minimum absolute atomic E-state index is 0.214. The van der Waals surface area contributed by atoms with E-state index in [9.17, 15) is 4.79 Å². The molecular weight excluding hydrogens is 226 g/mol. The van der Waals surface area contributed by atoms with Crippen molar-refractivity contribution in [3.8, 4) is 0 Å². The molecule has 1 amide bonds. The van der Waals surface area contributed by atoms with E-state index in [1.54, 1.807) is 0 Å². The lowest BCUT2D eigenvalue weighted by atomic mass is 9.94. The van der Waals surface area contributed by atoms with Gasteiger partial charge < -0.3 is 9.64 Å². The summed E-state index contributed by atoms with van der Waals surface area (Å²) in [6.45, 7) is 9.10. The van der Waals surface area contributed by atoms with Crippen molar-refractivity contribution < 1.29 is 9.53 Å². The third kappa shape index (κ3) is 3.06. The zero-order chi connectivity index (χ0) is 13.3. The van der Waals surface area contributed by atoms with Crippen molar-refractivity contribution in [1.29, 1.82) is 0 Å². The van der Waals surface area contributed by atoms with Crippen LogP contribution in [0.1, 0.15) is 53.4 Å². The first-order chi connectivity index (χ1) is 8.41. The molecule has 0 saturated heterocycles. The van der Waals surface area contributed by atoms with Crippen LogP contribution >= 0.6 is 0 Å². The Morgan fingerprint density at radius 3 is 2.67 bits per heavy atom. The van der Waals surface area contributed by atoms with Crippen molar-refractivity contribution >= 4 is 5.91 Å². The van der Waals surface area contributed by atoms with Crippen molar-refractivity contribution in [3.63, 3.8) is 0 Å². The summed E-state index contributed by atoms with van der Waals surface area (Å²) in [7, 11) is 0.